The van der Waals surface area contributed by atoms with Crippen molar-refractivity contribution >= 4 is 27.3 Å². The topological polar surface area (TPSA) is 73.2 Å². The number of anilines is 1. The molecule has 23 heavy (non-hydrogen) atoms. The molecule has 0 bridgehead atoms. The molecule has 6 nitrogen and oxygen atoms in total. The van der Waals surface area contributed by atoms with E-state index in [4.69, 9.17) is 16.3 Å². The van der Waals surface area contributed by atoms with Crippen LogP contribution in [0.15, 0.2) is 35.5 Å². The normalized spacial score (nSPS) is 18.3. The second-order valence-corrected chi connectivity index (χ2v) is 7.32. The largest absolute Gasteiger partial charge is 0.376 e. The summed E-state index contributed by atoms with van der Waals surface area (Å²) in [5.41, 5.74) is 0.309. The Labute approximate surface area is 138 Å². The Morgan fingerprint density at radius 2 is 2.30 bits per heavy atom. The van der Waals surface area contributed by atoms with E-state index < -0.39 is 15.8 Å². The lowest BCUT2D eigenvalue weighted by Crippen LogP contribution is -2.15. The molecule has 1 N–H and O–H groups in total. The van der Waals surface area contributed by atoms with E-state index in [2.05, 4.69) is 9.82 Å². The Morgan fingerprint density at radius 1 is 1.48 bits per heavy atom. The van der Waals surface area contributed by atoms with Gasteiger partial charge in [0.2, 0.25) is 0 Å². The highest BCUT2D eigenvalue weighted by Crippen LogP contribution is 2.24. The second-order valence-electron chi connectivity index (χ2n) is 5.27. The van der Waals surface area contributed by atoms with Crippen LogP contribution in [-0.4, -0.2) is 30.9 Å². The highest BCUT2D eigenvalue weighted by Gasteiger charge is 2.20. The van der Waals surface area contributed by atoms with Crippen LogP contribution in [0.4, 0.5) is 10.1 Å². The molecule has 1 unspecified atom stereocenters. The van der Waals surface area contributed by atoms with Crippen LogP contribution >= 0.6 is 11.6 Å². The van der Waals surface area contributed by atoms with E-state index in [0.717, 1.165) is 37.6 Å². The summed E-state index contributed by atoms with van der Waals surface area (Å²) in [7, 11) is -3.91. The van der Waals surface area contributed by atoms with E-state index in [0.29, 0.717) is 12.2 Å². The van der Waals surface area contributed by atoms with E-state index >= 15 is 0 Å². The molecule has 0 aliphatic carbocycles. The van der Waals surface area contributed by atoms with Crippen molar-refractivity contribution in [2.45, 2.75) is 30.4 Å². The van der Waals surface area contributed by atoms with Crippen LogP contribution in [0.5, 0.6) is 0 Å². The average Bonchev–Trinajstić information content (AvgIpc) is 3.10. The molecule has 3 rings (SSSR count). The van der Waals surface area contributed by atoms with Crippen molar-refractivity contribution in [1.82, 2.24) is 9.78 Å². The molecular formula is C14H15ClFN3O3S. The SMILES string of the molecule is O=S(=O)(Nc1cnn(CC2CCCO2)c1)c1ccc(F)cc1Cl. The first-order valence-electron chi connectivity index (χ1n) is 7.06. The van der Waals surface area contributed by atoms with E-state index in [9.17, 15) is 12.8 Å². The van der Waals surface area contributed by atoms with E-state index in [-0.39, 0.29) is 16.0 Å². The number of hydrogen-bond acceptors (Lipinski definition) is 4. The van der Waals surface area contributed by atoms with Crippen molar-refractivity contribution in [1.29, 1.82) is 0 Å². The Bertz CT molecular complexity index is 803. The van der Waals surface area contributed by atoms with Gasteiger partial charge in [0.15, 0.2) is 0 Å². The van der Waals surface area contributed by atoms with Crippen LogP contribution < -0.4 is 4.72 Å². The molecule has 0 amide bonds. The third-order valence-electron chi connectivity index (χ3n) is 3.48. The van der Waals surface area contributed by atoms with Crippen LogP contribution in [0.2, 0.25) is 5.02 Å². The predicted octanol–water partition coefficient (Wildman–Crippen LogP) is 2.66. The highest BCUT2D eigenvalue weighted by molar-refractivity contribution is 7.92. The molecule has 2 aromatic rings. The van der Waals surface area contributed by atoms with E-state index in [1.54, 1.807) is 10.9 Å². The maximum absolute atomic E-state index is 13.0. The van der Waals surface area contributed by atoms with Gasteiger partial charge in [-0.3, -0.25) is 9.40 Å². The average molecular weight is 360 g/mol. The molecule has 1 atom stereocenters. The molecule has 124 valence electrons. The zero-order chi connectivity index (χ0) is 16.4. The standard InChI is InChI=1S/C14H15ClFN3O3S/c15-13-6-10(16)3-4-14(13)23(20,21)18-11-7-17-19(8-11)9-12-2-1-5-22-12/h3-4,6-8,12,18H,1-2,5,9H2. The molecule has 0 radical (unpaired) electrons. The molecule has 0 spiro atoms. The summed E-state index contributed by atoms with van der Waals surface area (Å²) in [6, 6.07) is 3.12. The molecule has 1 aromatic carbocycles. The second kappa shape index (κ2) is 6.46. The van der Waals surface area contributed by atoms with Crippen LogP contribution in [0.3, 0.4) is 0 Å². The fourth-order valence-electron chi connectivity index (χ4n) is 2.42. The first-order chi connectivity index (χ1) is 10.9. The highest BCUT2D eigenvalue weighted by atomic mass is 35.5. The van der Waals surface area contributed by atoms with Crippen LogP contribution in [0.1, 0.15) is 12.8 Å². The molecule has 1 fully saturated rings. The summed E-state index contributed by atoms with van der Waals surface area (Å²) in [4.78, 5) is -0.188. The number of benzene rings is 1. The summed E-state index contributed by atoms with van der Waals surface area (Å²) in [5.74, 6) is -0.599. The minimum atomic E-state index is -3.91. The Kier molecular flexibility index (Phi) is 4.56. The van der Waals surface area contributed by atoms with Gasteiger partial charge in [-0.15, -0.1) is 0 Å². The lowest BCUT2D eigenvalue weighted by atomic mass is 10.2. The van der Waals surface area contributed by atoms with Gasteiger partial charge in [-0.25, -0.2) is 12.8 Å². The number of nitrogens with zero attached hydrogens (tertiary/aromatic N) is 2. The van der Waals surface area contributed by atoms with Crippen LogP contribution in [0.25, 0.3) is 0 Å². The lowest BCUT2D eigenvalue weighted by molar-refractivity contribution is 0.0940. The van der Waals surface area contributed by atoms with Gasteiger partial charge in [0.25, 0.3) is 10.0 Å². The van der Waals surface area contributed by atoms with Gasteiger partial charge in [0, 0.05) is 12.8 Å². The number of nitrogens with one attached hydrogen (secondary N) is 1. The van der Waals surface area contributed by atoms with Gasteiger partial charge in [-0.05, 0) is 31.0 Å². The van der Waals surface area contributed by atoms with Crippen molar-refractivity contribution in [3.8, 4) is 0 Å². The molecule has 1 aromatic heterocycles. The first kappa shape index (κ1) is 16.2. The van der Waals surface area contributed by atoms with Gasteiger partial charge in [-0.1, -0.05) is 11.6 Å². The van der Waals surface area contributed by atoms with Crippen molar-refractivity contribution < 1.29 is 17.5 Å². The summed E-state index contributed by atoms with van der Waals surface area (Å²) in [6.45, 7) is 1.31. The fourth-order valence-corrected chi connectivity index (χ4v) is 3.98. The Hall–Kier alpha value is -1.64. The molecule has 1 aliphatic heterocycles. The Balaban J connectivity index is 1.74. The van der Waals surface area contributed by atoms with Crippen LogP contribution in [0, 0.1) is 5.82 Å². The lowest BCUT2D eigenvalue weighted by Gasteiger charge is -2.09. The first-order valence-corrected chi connectivity index (χ1v) is 8.92. The minimum Gasteiger partial charge on any atom is -0.376 e. The van der Waals surface area contributed by atoms with Gasteiger partial charge in [-0.2, -0.15) is 5.10 Å². The maximum atomic E-state index is 13.0. The smallest absolute Gasteiger partial charge is 0.263 e. The summed E-state index contributed by atoms with van der Waals surface area (Å²) in [6.07, 6.45) is 5.08. The van der Waals surface area contributed by atoms with Crippen molar-refractivity contribution in [3.05, 3.63) is 41.4 Å². The molecule has 1 aliphatic rings. The van der Waals surface area contributed by atoms with Gasteiger partial charge in [0.1, 0.15) is 10.7 Å². The van der Waals surface area contributed by atoms with E-state index in [1.165, 1.54) is 6.20 Å². The molecule has 0 saturated carbocycles. The molecule has 9 heteroatoms. The maximum Gasteiger partial charge on any atom is 0.263 e. The van der Waals surface area contributed by atoms with Gasteiger partial charge >= 0.3 is 0 Å². The predicted molar refractivity (Wildman–Crippen MR) is 83.4 cm³/mol. The number of ether oxygens (including phenoxy) is 1. The zero-order valence-corrected chi connectivity index (χ0v) is 13.6. The van der Waals surface area contributed by atoms with Gasteiger partial charge < -0.3 is 4.74 Å². The molecule has 1 saturated heterocycles. The number of hydrogen-bond donors (Lipinski definition) is 1. The van der Waals surface area contributed by atoms with E-state index in [1.807, 2.05) is 0 Å². The molecular weight excluding hydrogens is 345 g/mol. The Morgan fingerprint density at radius 3 is 3.00 bits per heavy atom. The monoisotopic (exact) mass is 359 g/mol. The quantitative estimate of drug-likeness (QED) is 0.890. The van der Waals surface area contributed by atoms with Crippen LogP contribution in [-0.2, 0) is 21.3 Å². The zero-order valence-electron chi connectivity index (χ0n) is 12.1. The summed E-state index contributed by atoms with van der Waals surface area (Å²) >= 11 is 5.80. The number of rotatable bonds is 5. The van der Waals surface area contributed by atoms with Crippen molar-refractivity contribution in [3.63, 3.8) is 0 Å². The number of halogens is 2. The minimum absolute atomic E-state index is 0.103. The van der Waals surface area contributed by atoms with Gasteiger partial charge in [0.05, 0.1) is 29.6 Å². The fraction of sp³-hybridized carbons (Fsp3) is 0.357. The van der Waals surface area contributed by atoms with Crippen molar-refractivity contribution in [2.75, 3.05) is 11.3 Å². The molecule has 2 heterocycles. The summed E-state index contributed by atoms with van der Waals surface area (Å²) < 4.78 is 47.2. The summed E-state index contributed by atoms with van der Waals surface area (Å²) in [5, 5.41) is 3.93. The number of aromatic nitrogens is 2. The number of sulfonamides is 1. The third kappa shape index (κ3) is 3.82. The third-order valence-corrected chi connectivity index (χ3v) is 5.35. The van der Waals surface area contributed by atoms with Crippen molar-refractivity contribution in [2.24, 2.45) is 0 Å².